The van der Waals surface area contributed by atoms with E-state index in [1.54, 1.807) is 6.08 Å². The second-order valence-corrected chi connectivity index (χ2v) is 6.02. The summed E-state index contributed by atoms with van der Waals surface area (Å²) in [4.78, 5) is 28.2. The number of carbonyl (C=O) groups excluding carboxylic acids is 2. The SMILES string of the molecule is C=CCNC(=O)CN1CCN(C(=O)C2(C)CCCN2)CC1. The second kappa shape index (κ2) is 7.04. The van der Waals surface area contributed by atoms with Crippen molar-refractivity contribution < 1.29 is 9.59 Å². The fourth-order valence-electron chi connectivity index (χ4n) is 2.98. The molecule has 0 aliphatic carbocycles. The number of amides is 2. The summed E-state index contributed by atoms with van der Waals surface area (Å²) < 4.78 is 0. The number of hydrogen-bond acceptors (Lipinski definition) is 4. The van der Waals surface area contributed by atoms with Crippen LogP contribution in [0.5, 0.6) is 0 Å². The van der Waals surface area contributed by atoms with Gasteiger partial charge in [0, 0.05) is 32.7 Å². The van der Waals surface area contributed by atoms with Crippen LogP contribution in [0.2, 0.25) is 0 Å². The van der Waals surface area contributed by atoms with E-state index in [0.717, 1.165) is 32.5 Å². The lowest BCUT2D eigenvalue weighted by Gasteiger charge is -2.38. The van der Waals surface area contributed by atoms with E-state index < -0.39 is 0 Å². The van der Waals surface area contributed by atoms with E-state index in [0.29, 0.717) is 26.2 Å². The zero-order chi connectivity index (χ0) is 15.3. The molecule has 0 radical (unpaired) electrons. The Hall–Kier alpha value is -1.40. The average Bonchev–Trinajstić information content (AvgIpc) is 2.93. The molecule has 2 saturated heterocycles. The van der Waals surface area contributed by atoms with Crippen LogP contribution in [0.25, 0.3) is 0 Å². The van der Waals surface area contributed by atoms with Crippen molar-refractivity contribution in [1.82, 2.24) is 20.4 Å². The summed E-state index contributed by atoms with van der Waals surface area (Å²) in [6, 6.07) is 0. The number of nitrogens with zero attached hydrogens (tertiary/aromatic N) is 2. The minimum absolute atomic E-state index is 0.0131. The quantitative estimate of drug-likeness (QED) is 0.676. The maximum absolute atomic E-state index is 12.5. The molecule has 2 rings (SSSR count). The summed E-state index contributed by atoms with van der Waals surface area (Å²) in [7, 11) is 0. The number of carbonyl (C=O) groups is 2. The van der Waals surface area contributed by atoms with Crippen LogP contribution in [-0.2, 0) is 9.59 Å². The van der Waals surface area contributed by atoms with Crippen molar-refractivity contribution in [2.75, 3.05) is 45.8 Å². The molecule has 1 atom stereocenters. The van der Waals surface area contributed by atoms with Gasteiger partial charge in [0.15, 0.2) is 0 Å². The molecule has 0 spiro atoms. The number of piperazine rings is 1. The van der Waals surface area contributed by atoms with Crippen LogP contribution in [0.4, 0.5) is 0 Å². The van der Waals surface area contributed by atoms with Gasteiger partial charge in [-0.15, -0.1) is 6.58 Å². The third-order valence-electron chi connectivity index (χ3n) is 4.31. The molecule has 2 heterocycles. The molecule has 2 aliphatic rings. The highest BCUT2D eigenvalue weighted by atomic mass is 16.2. The van der Waals surface area contributed by atoms with E-state index in [1.807, 2.05) is 11.8 Å². The van der Waals surface area contributed by atoms with Gasteiger partial charge in [0.1, 0.15) is 0 Å². The van der Waals surface area contributed by atoms with E-state index in [2.05, 4.69) is 22.1 Å². The Morgan fingerprint density at radius 3 is 2.62 bits per heavy atom. The monoisotopic (exact) mass is 294 g/mol. The Labute approximate surface area is 126 Å². The number of hydrogen-bond donors (Lipinski definition) is 2. The largest absolute Gasteiger partial charge is 0.352 e. The first-order chi connectivity index (χ1) is 10.0. The lowest BCUT2D eigenvalue weighted by Crippen LogP contribution is -2.58. The summed E-state index contributed by atoms with van der Waals surface area (Å²) in [6.07, 6.45) is 3.64. The Bertz CT molecular complexity index is 396. The highest BCUT2D eigenvalue weighted by Gasteiger charge is 2.39. The van der Waals surface area contributed by atoms with Gasteiger partial charge in [-0.1, -0.05) is 6.08 Å². The number of rotatable bonds is 5. The van der Waals surface area contributed by atoms with Gasteiger partial charge < -0.3 is 15.5 Å². The summed E-state index contributed by atoms with van der Waals surface area (Å²) in [5.74, 6) is 0.217. The standard InChI is InChI=1S/C15H26N4O2/c1-3-6-16-13(20)12-18-8-10-19(11-9-18)14(21)15(2)5-4-7-17-15/h3,17H,1,4-12H2,2H3,(H,16,20). The fraction of sp³-hybridized carbons (Fsp3) is 0.733. The summed E-state index contributed by atoms with van der Waals surface area (Å²) in [6.45, 7) is 10.3. The molecule has 2 aliphatic heterocycles. The van der Waals surface area contributed by atoms with Crippen molar-refractivity contribution >= 4 is 11.8 Å². The van der Waals surface area contributed by atoms with E-state index in [9.17, 15) is 9.59 Å². The lowest BCUT2D eigenvalue weighted by atomic mass is 9.98. The molecule has 0 saturated carbocycles. The molecule has 118 valence electrons. The first kappa shape index (κ1) is 16.0. The Morgan fingerprint density at radius 2 is 2.05 bits per heavy atom. The zero-order valence-corrected chi connectivity index (χ0v) is 12.9. The van der Waals surface area contributed by atoms with Gasteiger partial charge >= 0.3 is 0 Å². The molecule has 21 heavy (non-hydrogen) atoms. The molecule has 0 aromatic heterocycles. The molecule has 1 unspecified atom stereocenters. The van der Waals surface area contributed by atoms with Crippen molar-refractivity contribution in [2.24, 2.45) is 0 Å². The van der Waals surface area contributed by atoms with Gasteiger partial charge in [-0.25, -0.2) is 0 Å². The van der Waals surface area contributed by atoms with Crippen molar-refractivity contribution in [1.29, 1.82) is 0 Å². The summed E-state index contributed by atoms with van der Waals surface area (Å²) >= 11 is 0. The van der Waals surface area contributed by atoms with Crippen molar-refractivity contribution in [3.8, 4) is 0 Å². The smallest absolute Gasteiger partial charge is 0.242 e. The van der Waals surface area contributed by atoms with Crippen LogP contribution in [0, 0.1) is 0 Å². The molecular formula is C15H26N4O2. The molecule has 6 nitrogen and oxygen atoms in total. The van der Waals surface area contributed by atoms with Gasteiger partial charge in [0.05, 0.1) is 12.1 Å². The van der Waals surface area contributed by atoms with Crippen LogP contribution in [0.3, 0.4) is 0 Å². The molecule has 0 aromatic carbocycles. The third-order valence-corrected chi connectivity index (χ3v) is 4.31. The lowest BCUT2D eigenvalue weighted by molar-refractivity contribution is -0.139. The van der Waals surface area contributed by atoms with Crippen LogP contribution >= 0.6 is 0 Å². The minimum Gasteiger partial charge on any atom is -0.352 e. The maximum Gasteiger partial charge on any atom is 0.242 e. The van der Waals surface area contributed by atoms with Crippen LogP contribution < -0.4 is 10.6 Å². The van der Waals surface area contributed by atoms with Gasteiger partial charge in [-0.2, -0.15) is 0 Å². The fourth-order valence-corrected chi connectivity index (χ4v) is 2.98. The molecule has 2 amide bonds. The van der Waals surface area contributed by atoms with Crippen LogP contribution in [0.1, 0.15) is 19.8 Å². The van der Waals surface area contributed by atoms with Crippen molar-refractivity contribution in [3.63, 3.8) is 0 Å². The number of nitrogens with one attached hydrogen (secondary N) is 2. The second-order valence-electron chi connectivity index (χ2n) is 6.02. The van der Waals surface area contributed by atoms with Gasteiger partial charge in [-0.05, 0) is 26.3 Å². The van der Waals surface area contributed by atoms with Gasteiger partial charge in [0.2, 0.25) is 11.8 Å². The predicted molar refractivity (Wildman–Crippen MR) is 81.9 cm³/mol. The van der Waals surface area contributed by atoms with E-state index in [4.69, 9.17) is 0 Å². The van der Waals surface area contributed by atoms with E-state index >= 15 is 0 Å². The first-order valence-corrected chi connectivity index (χ1v) is 7.69. The van der Waals surface area contributed by atoms with Crippen LogP contribution in [-0.4, -0.2) is 73.0 Å². The third kappa shape index (κ3) is 4.04. The predicted octanol–water partition coefficient (Wildman–Crippen LogP) is -0.425. The molecular weight excluding hydrogens is 268 g/mol. The molecule has 6 heteroatoms. The summed E-state index contributed by atoms with van der Waals surface area (Å²) in [5, 5.41) is 6.09. The summed E-state index contributed by atoms with van der Waals surface area (Å²) in [5.41, 5.74) is -0.385. The topological polar surface area (TPSA) is 64.7 Å². The Balaban J connectivity index is 1.76. The molecule has 2 N–H and O–H groups in total. The Kier molecular flexibility index (Phi) is 5.36. The average molecular weight is 294 g/mol. The van der Waals surface area contributed by atoms with Crippen molar-refractivity contribution in [3.05, 3.63) is 12.7 Å². The molecule has 0 bridgehead atoms. The maximum atomic E-state index is 12.5. The van der Waals surface area contributed by atoms with Gasteiger partial charge in [0.25, 0.3) is 0 Å². The van der Waals surface area contributed by atoms with Crippen molar-refractivity contribution in [2.45, 2.75) is 25.3 Å². The van der Waals surface area contributed by atoms with Crippen LogP contribution in [0.15, 0.2) is 12.7 Å². The first-order valence-electron chi connectivity index (χ1n) is 7.69. The van der Waals surface area contributed by atoms with Gasteiger partial charge in [-0.3, -0.25) is 14.5 Å². The highest BCUT2D eigenvalue weighted by molar-refractivity contribution is 5.86. The minimum atomic E-state index is -0.385. The van der Waals surface area contributed by atoms with E-state index in [1.165, 1.54) is 0 Å². The zero-order valence-electron chi connectivity index (χ0n) is 12.9. The highest BCUT2D eigenvalue weighted by Crippen LogP contribution is 2.21. The van der Waals surface area contributed by atoms with E-state index in [-0.39, 0.29) is 17.4 Å². The Morgan fingerprint density at radius 1 is 1.33 bits per heavy atom. The normalized spacial score (nSPS) is 26.6. The molecule has 0 aromatic rings. The molecule has 2 fully saturated rings.